The predicted molar refractivity (Wildman–Crippen MR) is 103 cm³/mol. The molecule has 30 heavy (non-hydrogen) atoms. The molecule has 2 aliphatic heterocycles. The minimum atomic E-state index is -2.91. The highest BCUT2D eigenvalue weighted by molar-refractivity contribution is 5.98. The molecule has 3 amide bonds. The zero-order valence-electron chi connectivity index (χ0n) is 15.8. The van der Waals surface area contributed by atoms with Crippen molar-refractivity contribution in [2.45, 2.75) is 19.1 Å². The zero-order chi connectivity index (χ0) is 21.1. The summed E-state index contributed by atoms with van der Waals surface area (Å²) in [5, 5.41) is 5.35. The van der Waals surface area contributed by atoms with Gasteiger partial charge < -0.3 is 29.7 Å². The summed E-state index contributed by atoms with van der Waals surface area (Å²) in [6.07, 6.45) is 0.156. The Morgan fingerprint density at radius 2 is 1.83 bits per heavy atom. The van der Waals surface area contributed by atoms with Crippen molar-refractivity contribution in [3.05, 3.63) is 42.5 Å². The van der Waals surface area contributed by atoms with Crippen molar-refractivity contribution in [3.8, 4) is 17.2 Å². The number of rotatable bonds is 5. The van der Waals surface area contributed by atoms with Crippen LogP contribution in [0.5, 0.6) is 17.2 Å². The highest BCUT2D eigenvalue weighted by atomic mass is 19.3. The monoisotopic (exact) mass is 419 g/mol. The summed E-state index contributed by atoms with van der Waals surface area (Å²) in [5.74, 6) is 1.09. The average Bonchev–Trinajstić information content (AvgIpc) is 3.08. The van der Waals surface area contributed by atoms with Crippen LogP contribution in [0.25, 0.3) is 0 Å². The molecule has 1 atom stereocenters. The van der Waals surface area contributed by atoms with E-state index in [0.717, 1.165) is 0 Å². The molecule has 10 heteroatoms. The Hall–Kier alpha value is -3.56. The number of hydrogen-bond donors (Lipinski definition) is 2. The van der Waals surface area contributed by atoms with Gasteiger partial charge in [-0.25, -0.2) is 4.79 Å². The van der Waals surface area contributed by atoms with Gasteiger partial charge in [0.15, 0.2) is 11.5 Å². The summed E-state index contributed by atoms with van der Waals surface area (Å²) in [6, 6.07) is 9.93. The predicted octanol–water partition coefficient (Wildman–Crippen LogP) is 2.99. The largest absolute Gasteiger partial charge is 0.486 e. The molecule has 2 heterocycles. The van der Waals surface area contributed by atoms with Gasteiger partial charge in [-0.05, 0) is 36.4 Å². The van der Waals surface area contributed by atoms with E-state index >= 15 is 0 Å². The van der Waals surface area contributed by atoms with Crippen LogP contribution in [0.15, 0.2) is 42.5 Å². The van der Waals surface area contributed by atoms with Crippen LogP contribution in [0, 0.1) is 0 Å². The minimum Gasteiger partial charge on any atom is -0.486 e. The number of anilines is 2. The quantitative estimate of drug-likeness (QED) is 0.778. The van der Waals surface area contributed by atoms with Crippen molar-refractivity contribution in [2.75, 3.05) is 30.0 Å². The first kappa shape index (κ1) is 19.7. The molecule has 158 valence electrons. The molecule has 1 fully saturated rings. The molecule has 0 aromatic heterocycles. The number of benzene rings is 2. The number of carbonyl (C=O) groups excluding carboxylic acids is 2. The fourth-order valence-electron chi connectivity index (χ4n) is 3.33. The van der Waals surface area contributed by atoms with Crippen molar-refractivity contribution in [3.63, 3.8) is 0 Å². The van der Waals surface area contributed by atoms with E-state index < -0.39 is 12.6 Å². The Morgan fingerprint density at radius 1 is 1.10 bits per heavy atom. The number of carbonyl (C=O) groups is 2. The second kappa shape index (κ2) is 8.44. The lowest BCUT2D eigenvalue weighted by atomic mass is 10.2. The summed E-state index contributed by atoms with van der Waals surface area (Å²) in [4.78, 5) is 26.2. The van der Waals surface area contributed by atoms with Gasteiger partial charge in [0.25, 0.3) is 0 Å². The zero-order valence-corrected chi connectivity index (χ0v) is 15.8. The first-order valence-electron chi connectivity index (χ1n) is 9.30. The van der Waals surface area contributed by atoms with E-state index in [1.807, 2.05) is 0 Å². The molecule has 2 aromatic carbocycles. The molecular weight excluding hydrogens is 400 g/mol. The maximum atomic E-state index is 12.4. The molecule has 4 rings (SSSR count). The third-order valence-electron chi connectivity index (χ3n) is 4.64. The normalized spacial score (nSPS) is 17.8. The number of amides is 3. The minimum absolute atomic E-state index is 0.00702. The van der Waals surface area contributed by atoms with Crippen molar-refractivity contribution >= 4 is 23.3 Å². The SMILES string of the molecule is O=C(Nc1ccc(OC(F)F)cc1)NC1CC(=O)N(c2ccc3c(c2)OCCO3)C1. The lowest BCUT2D eigenvalue weighted by Crippen LogP contribution is -2.39. The molecule has 8 nitrogen and oxygen atoms in total. The van der Waals surface area contributed by atoms with Gasteiger partial charge in [-0.15, -0.1) is 0 Å². The van der Waals surface area contributed by atoms with Gasteiger partial charge in [-0.3, -0.25) is 4.79 Å². The van der Waals surface area contributed by atoms with E-state index in [-0.39, 0.29) is 24.1 Å². The number of hydrogen-bond acceptors (Lipinski definition) is 5. The van der Waals surface area contributed by atoms with E-state index in [1.165, 1.54) is 24.3 Å². The molecule has 0 bridgehead atoms. The number of halogens is 2. The summed E-state index contributed by atoms with van der Waals surface area (Å²) in [6.45, 7) is -1.67. The van der Waals surface area contributed by atoms with Gasteiger partial charge in [-0.2, -0.15) is 8.78 Å². The molecule has 0 spiro atoms. The Morgan fingerprint density at radius 3 is 2.57 bits per heavy atom. The van der Waals surface area contributed by atoms with Crippen LogP contribution in [0.2, 0.25) is 0 Å². The first-order valence-corrected chi connectivity index (χ1v) is 9.30. The number of fused-ring (bicyclic) bond motifs is 1. The highest BCUT2D eigenvalue weighted by Gasteiger charge is 2.32. The van der Waals surface area contributed by atoms with E-state index in [9.17, 15) is 18.4 Å². The topological polar surface area (TPSA) is 89.1 Å². The van der Waals surface area contributed by atoms with Crippen molar-refractivity contribution in [1.82, 2.24) is 5.32 Å². The third kappa shape index (κ3) is 4.53. The van der Waals surface area contributed by atoms with Crippen molar-refractivity contribution in [2.24, 2.45) is 0 Å². The lowest BCUT2D eigenvalue weighted by Gasteiger charge is -2.22. The molecule has 0 aliphatic carbocycles. The van der Waals surface area contributed by atoms with Gasteiger partial charge in [0, 0.05) is 30.4 Å². The lowest BCUT2D eigenvalue weighted by molar-refractivity contribution is -0.117. The van der Waals surface area contributed by atoms with Gasteiger partial charge >= 0.3 is 12.6 Å². The standard InChI is InChI=1S/C20H19F2N3O5/c21-19(22)30-15-4-1-12(2-5-15)23-20(27)24-13-9-18(26)25(11-13)14-3-6-16-17(10-14)29-8-7-28-16/h1-6,10,13,19H,7-9,11H2,(H2,23,24,27). The summed E-state index contributed by atoms with van der Waals surface area (Å²) in [5.41, 5.74) is 1.07. The van der Waals surface area contributed by atoms with Crippen LogP contribution in [-0.4, -0.2) is 44.4 Å². The Bertz CT molecular complexity index is 939. The van der Waals surface area contributed by atoms with E-state index in [1.54, 1.807) is 23.1 Å². The number of nitrogens with one attached hydrogen (secondary N) is 2. The molecular formula is C20H19F2N3O5. The molecule has 0 radical (unpaired) electrons. The van der Waals surface area contributed by atoms with E-state index in [0.29, 0.717) is 42.6 Å². The molecule has 0 saturated carbocycles. The molecule has 2 N–H and O–H groups in total. The van der Waals surface area contributed by atoms with E-state index in [4.69, 9.17) is 9.47 Å². The maximum Gasteiger partial charge on any atom is 0.387 e. The summed E-state index contributed by atoms with van der Waals surface area (Å²) < 4.78 is 39.7. The number of nitrogens with zero attached hydrogens (tertiary/aromatic N) is 1. The van der Waals surface area contributed by atoms with Crippen LogP contribution in [0.1, 0.15) is 6.42 Å². The van der Waals surface area contributed by atoms with Crippen LogP contribution in [0.4, 0.5) is 25.0 Å². The first-order chi connectivity index (χ1) is 14.5. The molecule has 2 aromatic rings. The van der Waals surface area contributed by atoms with Gasteiger partial charge in [0.1, 0.15) is 19.0 Å². The fraction of sp³-hybridized carbons (Fsp3) is 0.300. The molecule has 2 aliphatic rings. The fourth-order valence-corrected chi connectivity index (χ4v) is 3.33. The van der Waals surface area contributed by atoms with Crippen molar-refractivity contribution < 1.29 is 32.6 Å². The highest BCUT2D eigenvalue weighted by Crippen LogP contribution is 2.35. The van der Waals surface area contributed by atoms with Gasteiger partial charge in [0.05, 0.1) is 6.04 Å². The van der Waals surface area contributed by atoms with Crippen LogP contribution < -0.4 is 29.7 Å². The number of urea groups is 1. The van der Waals surface area contributed by atoms with Crippen LogP contribution in [-0.2, 0) is 4.79 Å². The van der Waals surface area contributed by atoms with E-state index in [2.05, 4.69) is 15.4 Å². The maximum absolute atomic E-state index is 12.4. The Kier molecular flexibility index (Phi) is 5.55. The smallest absolute Gasteiger partial charge is 0.387 e. The average molecular weight is 419 g/mol. The third-order valence-corrected chi connectivity index (χ3v) is 4.64. The second-order valence-electron chi connectivity index (χ2n) is 6.73. The molecule has 1 unspecified atom stereocenters. The number of ether oxygens (including phenoxy) is 3. The Balaban J connectivity index is 1.33. The van der Waals surface area contributed by atoms with Gasteiger partial charge in [0.2, 0.25) is 5.91 Å². The van der Waals surface area contributed by atoms with Crippen LogP contribution >= 0.6 is 0 Å². The van der Waals surface area contributed by atoms with Gasteiger partial charge in [-0.1, -0.05) is 0 Å². The number of alkyl halides is 2. The summed E-state index contributed by atoms with van der Waals surface area (Å²) in [7, 11) is 0. The molecule has 1 saturated heterocycles. The van der Waals surface area contributed by atoms with Crippen molar-refractivity contribution in [1.29, 1.82) is 0 Å². The van der Waals surface area contributed by atoms with Crippen LogP contribution in [0.3, 0.4) is 0 Å². The Labute approximate surface area is 170 Å². The second-order valence-corrected chi connectivity index (χ2v) is 6.73. The summed E-state index contributed by atoms with van der Waals surface area (Å²) >= 11 is 0.